The summed E-state index contributed by atoms with van der Waals surface area (Å²) in [6.45, 7) is 3.68. The Morgan fingerprint density at radius 2 is 0.899 bits per heavy atom. The van der Waals surface area contributed by atoms with Crippen LogP contribution in [0.3, 0.4) is 0 Å². The van der Waals surface area contributed by atoms with E-state index in [2.05, 4.69) is 116 Å². The molecule has 1 rings (SSSR count). The molecule has 1 fully saturated rings. The first-order valence-corrected chi connectivity index (χ1v) is 27.9. The Balaban J connectivity index is 2.09. The predicted molar refractivity (Wildman–Crippen MR) is 290 cm³/mol. The first kappa shape index (κ1) is 64.1. The van der Waals surface area contributed by atoms with Gasteiger partial charge in [-0.05, 0) is 77.0 Å². The number of aliphatic hydroxyl groups excluding tert-OH is 5. The number of aliphatic hydroxyl groups is 5. The number of ether oxygens (including phenoxy) is 2. The van der Waals surface area contributed by atoms with Crippen molar-refractivity contribution in [1.82, 2.24) is 5.32 Å². The maximum Gasteiger partial charge on any atom is 0.220 e. The number of unbranched alkanes of at least 4 members (excludes halogenated alkanes) is 20. The number of rotatable bonds is 46. The van der Waals surface area contributed by atoms with Crippen LogP contribution in [0.4, 0.5) is 0 Å². The smallest absolute Gasteiger partial charge is 0.220 e. The molecule has 0 radical (unpaired) electrons. The van der Waals surface area contributed by atoms with Crippen LogP contribution in [0.25, 0.3) is 0 Å². The number of hydrogen-bond acceptors (Lipinski definition) is 8. The summed E-state index contributed by atoms with van der Waals surface area (Å²) in [5.74, 6) is -0.153. The second kappa shape index (κ2) is 48.7. The van der Waals surface area contributed by atoms with Crippen molar-refractivity contribution >= 4 is 5.91 Å². The van der Waals surface area contributed by atoms with E-state index in [0.29, 0.717) is 12.8 Å². The van der Waals surface area contributed by atoms with Crippen molar-refractivity contribution in [2.45, 2.75) is 262 Å². The van der Waals surface area contributed by atoms with Crippen molar-refractivity contribution < 1.29 is 39.8 Å². The van der Waals surface area contributed by atoms with Gasteiger partial charge in [-0.15, -0.1) is 0 Å². The third-order valence-corrected chi connectivity index (χ3v) is 12.7. The Morgan fingerprint density at radius 1 is 0.507 bits per heavy atom. The molecule has 1 heterocycles. The molecule has 0 aromatic rings. The van der Waals surface area contributed by atoms with Crippen LogP contribution >= 0.6 is 0 Å². The van der Waals surface area contributed by atoms with Gasteiger partial charge in [0.2, 0.25) is 5.91 Å². The van der Waals surface area contributed by atoms with Gasteiger partial charge in [0.05, 0.1) is 25.4 Å². The summed E-state index contributed by atoms with van der Waals surface area (Å²) in [6.07, 6.45) is 63.1. The van der Waals surface area contributed by atoms with Crippen molar-refractivity contribution in [3.05, 3.63) is 97.2 Å². The molecule has 0 spiro atoms. The summed E-state index contributed by atoms with van der Waals surface area (Å²) in [6, 6.07) is -0.723. The number of allylic oxidation sites excluding steroid dienone is 16. The van der Waals surface area contributed by atoms with E-state index in [1.807, 2.05) is 0 Å². The lowest BCUT2D eigenvalue weighted by Crippen LogP contribution is -2.60. The summed E-state index contributed by atoms with van der Waals surface area (Å²) in [5.41, 5.74) is 0. The van der Waals surface area contributed by atoms with Gasteiger partial charge in [-0.25, -0.2) is 0 Å². The Hall–Kier alpha value is -2.89. The Bertz CT molecular complexity index is 1400. The first-order valence-electron chi connectivity index (χ1n) is 27.9. The summed E-state index contributed by atoms with van der Waals surface area (Å²) >= 11 is 0. The Labute approximate surface area is 422 Å². The van der Waals surface area contributed by atoms with E-state index in [1.165, 1.54) is 103 Å². The molecule has 1 saturated heterocycles. The molecule has 0 saturated carbocycles. The lowest BCUT2D eigenvalue weighted by atomic mass is 9.99. The van der Waals surface area contributed by atoms with E-state index in [4.69, 9.17) is 9.47 Å². The summed E-state index contributed by atoms with van der Waals surface area (Å²) in [7, 11) is 0. The Morgan fingerprint density at radius 3 is 1.33 bits per heavy atom. The fourth-order valence-corrected chi connectivity index (χ4v) is 8.29. The largest absolute Gasteiger partial charge is 0.394 e. The number of hydrogen-bond donors (Lipinski definition) is 6. The van der Waals surface area contributed by atoms with Crippen LogP contribution in [0.15, 0.2) is 97.2 Å². The fourth-order valence-electron chi connectivity index (χ4n) is 8.29. The highest BCUT2D eigenvalue weighted by atomic mass is 16.7. The third-order valence-electron chi connectivity index (χ3n) is 12.7. The van der Waals surface area contributed by atoms with E-state index in [9.17, 15) is 30.3 Å². The Kier molecular flexibility index (Phi) is 45.3. The molecule has 7 atom stereocenters. The molecule has 1 aliphatic heterocycles. The number of carbonyl (C=O) groups is 1. The first-order chi connectivity index (χ1) is 33.8. The van der Waals surface area contributed by atoms with Gasteiger partial charge in [0, 0.05) is 6.42 Å². The maximum absolute atomic E-state index is 13.0. The molecule has 9 heteroatoms. The lowest BCUT2D eigenvalue weighted by molar-refractivity contribution is -0.302. The molecule has 396 valence electrons. The minimum atomic E-state index is -1.56. The van der Waals surface area contributed by atoms with Crippen molar-refractivity contribution in [2.75, 3.05) is 13.2 Å². The lowest BCUT2D eigenvalue weighted by Gasteiger charge is -2.40. The normalized spacial score (nSPS) is 20.2. The molecule has 6 N–H and O–H groups in total. The molecular formula is C60H103NO8. The predicted octanol–water partition coefficient (Wildman–Crippen LogP) is 13.6. The minimum Gasteiger partial charge on any atom is -0.394 e. The topological polar surface area (TPSA) is 149 Å². The summed E-state index contributed by atoms with van der Waals surface area (Å²) in [4.78, 5) is 13.0. The van der Waals surface area contributed by atoms with E-state index in [-0.39, 0.29) is 12.5 Å². The monoisotopic (exact) mass is 966 g/mol. The number of nitrogens with one attached hydrogen (secondary N) is 1. The number of carbonyl (C=O) groups excluding carboxylic acids is 1. The summed E-state index contributed by atoms with van der Waals surface area (Å²) in [5, 5.41) is 54.3. The molecule has 1 amide bonds. The molecule has 9 nitrogen and oxygen atoms in total. The molecule has 1 aliphatic rings. The highest BCUT2D eigenvalue weighted by Crippen LogP contribution is 2.23. The van der Waals surface area contributed by atoms with Gasteiger partial charge in [0.1, 0.15) is 24.4 Å². The standard InChI is InChI=1S/C60H103NO8/c1-3-5-7-9-11-13-14-15-16-17-18-19-20-21-22-23-24-25-26-27-28-29-30-31-32-33-34-35-36-37-38-39-40-42-44-46-48-50-56(64)61-53(54(63)49-47-45-43-41-12-10-8-6-4-2)52-68-60-59(67)58(66)57(65)55(51-62)69-60/h5,7,11,13,15-16,18-19,21-22,24-25,27-28,30-31,53-55,57-60,62-63,65-67H,3-4,6,8-10,12,14,17,20,23,26,29,32-52H2,1-2H3,(H,61,64)/b7-5-,13-11-,16-15-,19-18-,22-21-,25-24-,28-27-,31-30-. The minimum absolute atomic E-state index is 0.143. The van der Waals surface area contributed by atoms with Crippen LogP contribution in [-0.4, -0.2) is 87.5 Å². The van der Waals surface area contributed by atoms with Crippen molar-refractivity contribution in [1.29, 1.82) is 0 Å². The molecule has 0 aliphatic carbocycles. The molecule has 7 unspecified atom stereocenters. The fraction of sp³-hybridized carbons (Fsp3) is 0.717. The zero-order chi connectivity index (χ0) is 50.1. The van der Waals surface area contributed by atoms with Gasteiger partial charge in [-0.1, -0.05) is 233 Å². The molecule has 0 bridgehead atoms. The molecular weight excluding hydrogens is 863 g/mol. The third kappa shape index (κ3) is 38.5. The molecule has 69 heavy (non-hydrogen) atoms. The number of amides is 1. The van der Waals surface area contributed by atoms with Crippen LogP contribution in [-0.2, 0) is 14.3 Å². The second-order valence-corrected chi connectivity index (χ2v) is 19.0. The summed E-state index contributed by atoms with van der Waals surface area (Å²) < 4.78 is 11.2. The average molecular weight is 966 g/mol. The van der Waals surface area contributed by atoms with Crippen molar-refractivity contribution in [2.24, 2.45) is 0 Å². The van der Waals surface area contributed by atoms with E-state index in [1.54, 1.807) is 0 Å². The van der Waals surface area contributed by atoms with Gasteiger partial charge in [0.25, 0.3) is 0 Å². The quantitative estimate of drug-likeness (QED) is 0.0261. The highest BCUT2D eigenvalue weighted by Gasteiger charge is 2.44. The van der Waals surface area contributed by atoms with Crippen LogP contribution < -0.4 is 5.32 Å². The van der Waals surface area contributed by atoms with Gasteiger partial charge < -0.3 is 40.3 Å². The molecule has 0 aromatic heterocycles. The van der Waals surface area contributed by atoms with E-state index < -0.39 is 49.5 Å². The van der Waals surface area contributed by atoms with Crippen molar-refractivity contribution in [3.8, 4) is 0 Å². The van der Waals surface area contributed by atoms with Crippen LogP contribution in [0.5, 0.6) is 0 Å². The maximum atomic E-state index is 13.0. The second-order valence-electron chi connectivity index (χ2n) is 19.0. The van der Waals surface area contributed by atoms with Crippen LogP contribution in [0.2, 0.25) is 0 Å². The van der Waals surface area contributed by atoms with Gasteiger partial charge >= 0.3 is 0 Å². The van der Waals surface area contributed by atoms with Crippen LogP contribution in [0, 0.1) is 0 Å². The van der Waals surface area contributed by atoms with Gasteiger partial charge in [-0.3, -0.25) is 4.79 Å². The average Bonchev–Trinajstić information content (AvgIpc) is 3.35. The van der Waals surface area contributed by atoms with Gasteiger partial charge in [0.15, 0.2) is 6.29 Å². The van der Waals surface area contributed by atoms with Gasteiger partial charge in [-0.2, -0.15) is 0 Å². The zero-order valence-corrected chi connectivity index (χ0v) is 43.8. The highest BCUT2D eigenvalue weighted by molar-refractivity contribution is 5.76. The van der Waals surface area contributed by atoms with E-state index >= 15 is 0 Å². The van der Waals surface area contributed by atoms with E-state index in [0.717, 1.165) is 89.9 Å². The van der Waals surface area contributed by atoms with Crippen molar-refractivity contribution in [3.63, 3.8) is 0 Å². The molecule has 0 aromatic carbocycles. The SMILES string of the molecule is CC/C=C\C/C=C\C/C=C\C/C=C\C/C=C\C/C=C\C/C=C\C/C=C\CCCCCCCCCCCCCCC(=O)NC(COC1OC(CO)C(O)C(O)C1O)C(O)CCCCCCCCCCC. The van der Waals surface area contributed by atoms with Crippen LogP contribution in [0.1, 0.15) is 219 Å². The zero-order valence-electron chi connectivity index (χ0n) is 43.8.